The van der Waals surface area contributed by atoms with Crippen LogP contribution in [0.25, 0.3) is 10.9 Å². The summed E-state index contributed by atoms with van der Waals surface area (Å²) in [6.45, 7) is 5.34. The summed E-state index contributed by atoms with van der Waals surface area (Å²) >= 11 is 3.04. The van der Waals surface area contributed by atoms with Crippen LogP contribution >= 0.6 is 15.9 Å². The zero-order chi connectivity index (χ0) is 22.7. The number of alkyl halides is 1. The van der Waals surface area contributed by atoms with Crippen LogP contribution in [0.2, 0.25) is 0 Å². The van der Waals surface area contributed by atoms with Crippen LogP contribution in [-0.2, 0) is 21.4 Å². The number of aliphatic carboxylic acids is 1. The van der Waals surface area contributed by atoms with Crippen LogP contribution in [0, 0.1) is 12.8 Å². The molecule has 0 bridgehead atoms. The Morgan fingerprint density at radius 3 is 2.30 bits per heavy atom. The largest absolute Gasteiger partial charge is 0.481 e. The Balaban J connectivity index is 2.27. The average Bonchev–Trinajstić information content (AvgIpc) is 2.94. The van der Waals surface area contributed by atoms with Gasteiger partial charge in [0.2, 0.25) is 0 Å². The van der Waals surface area contributed by atoms with Crippen molar-refractivity contribution >= 4 is 50.3 Å². The number of hydrogen-bond donors (Lipinski definition) is 3. The van der Waals surface area contributed by atoms with Crippen LogP contribution in [0.4, 0.5) is 0 Å². The summed E-state index contributed by atoms with van der Waals surface area (Å²) in [7, 11) is 1.78. The van der Waals surface area contributed by atoms with Crippen LogP contribution < -0.4 is 11.1 Å². The number of carboxylic acid groups (broad SMARTS) is 1. The van der Waals surface area contributed by atoms with Crippen LogP contribution in [-0.4, -0.2) is 50.0 Å². The molecule has 2 rings (SSSR count). The molecule has 0 saturated carbocycles. The van der Waals surface area contributed by atoms with Crippen LogP contribution in [0.5, 0.6) is 0 Å². The van der Waals surface area contributed by atoms with E-state index < -0.39 is 46.8 Å². The molecule has 1 heterocycles. The molecule has 1 aromatic carbocycles. The van der Waals surface area contributed by atoms with E-state index in [0.29, 0.717) is 5.69 Å². The number of aromatic nitrogens is 1. The molecule has 30 heavy (non-hydrogen) atoms. The molecule has 9 heteroatoms. The highest BCUT2D eigenvalue weighted by molar-refractivity contribution is 9.10. The number of fused-ring (bicyclic) bond motifs is 1. The third kappa shape index (κ3) is 4.79. The summed E-state index contributed by atoms with van der Waals surface area (Å²) in [5.41, 5.74) is 7.71. The number of carbonyl (C=O) groups excluding carboxylic acids is 3. The molecule has 0 aliphatic heterocycles. The van der Waals surface area contributed by atoms with E-state index in [1.54, 1.807) is 25.5 Å². The van der Waals surface area contributed by atoms with Gasteiger partial charge in [-0.15, -0.1) is 0 Å². The van der Waals surface area contributed by atoms with E-state index in [2.05, 4.69) is 21.2 Å². The maximum absolute atomic E-state index is 13.1. The topological polar surface area (TPSA) is 131 Å². The lowest BCUT2D eigenvalue weighted by Crippen LogP contribution is -2.51. The third-order valence-electron chi connectivity index (χ3n) is 5.09. The highest BCUT2D eigenvalue weighted by atomic mass is 79.9. The van der Waals surface area contributed by atoms with Crippen molar-refractivity contribution in [2.24, 2.45) is 18.7 Å². The molecule has 0 aliphatic carbocycles. The minimum atomic E-state index is -1.32. The molecular formula is C21H26BrN3O5. The number of nitrogens with zero attached hydrogens (tertiary/aromatic N) is 1. The van der Waals surface area contributed by atoms with E-state index in [4.69, 9.17) is 10.8 Å². The van der Waals surface area contributed by atoms with Crippen molar-refractivity contribution in [2.45, 2.75) is 44.1 Å². The standard InChI is InChI=1S/C21H26BrN3O5/c1-10(2)17(20(29)16(22)19(28)13(23)9-15(26)27)24-21(30)18-11(3)12-7-5-6-8-14(12)25(18)4/h5-8,10,13,16-17H,9,23H2,1-4H3,(H,24,30)(H,26,27)/t13?,16?,17-/m0/s1. The van der Waals surface area contributed by atoms with E-state index in [1.807, 2.05) is 31.2 Å². The molecular weight excluding hydrogens is 454 g/mol. The minimum absolute atomic E-state index is 0.306. The predicted octanol–water partition coefficient (Wildman–Crippen LogP) is 1.94. The summed E-state index contributed by atoms with van der Waals surface area (Å²) in [5.74, 6) is -3.27. The van der Waals surface area contributed by atoms with Gasteiger partial charge in [-0.1, -0.05) is 48.0 Å². The molecule has 2 unspecified atom stereocenters. The average molecular weight is 480 g/mol. The highest BCUT2D eigenvalue weighted by Gasteiger charge is 2.36. The first-order chi connectivity index (χ1) is 14.0. The van der Waals surface area contributed by atoms with Crippen molar-refractivity contribution in [3.63, 3.8) is 0 Å². The second kappa shape index (κ2) is 9.53. The van der Waals surface area contributed by atoms with E-state index >= 15 is 0 Å². The monoisotopic (exact) mass is 479 g/mol. The molecule has 8 nitrogen and oxygen atoms in total. The molecule has 0 saturated heterocycles. The third-order valence-corrected chi connectivity index (χ3v) is 6.00. The van der Waals surface area contributed by atoms with Gasteiger partial charge >= 0.3 is 5.97 Å². The Morgan fingerprint density at radius 1 is 1.17 bits per heavy atom. The van der Waals surface area contributed by atoms with Crippen molar-refractivity contribution in [3.8, 4) is 0 Å². The van der Waals surface area contributed by atoms with Crippen LogP contribution in [0.1, 0.15) is 36.3 Å². The quantitative estimate of drug-likeness (QED) is 0.371. The van der Waals surface area contributed by atoms with Crippen LogP contribution in [0.15, 0.2) is 24.3 Å². The first-order valence-electron chi connectivity index (χ1n) is 9.51. The van der Waals surface area contributed by atoms with Gasteiger partial charge in [0.05, 0.1) is 18.5 Å². The maximum atomic E-state index is 13.1. The Hall–Kier alpha value is -2.52. The normalized spacial score (nSPS) is 14.4. The smallest absolute Gasteiger partial charge is 0.305 e. The lowest BCUT2D eigenvalue weighted by Gasteiger charge is -2.24. The van der Waals surface area contributed by atoms with Gasteiger partial charge in [0.25, 0.3) is 5.91 Å². The summed E-state index contributed by atoms with van der Waals surface area (Å²) in [5, 5.41) is 12.5. The predicted molar refractivity (Wildman–Crippen MR) is 117 cm³/mol. The van der Waals surface area contributed by atoms with Crippen molar-refractivity contribution in [3.05, 3.63) is 35.5 Å². The van der Waals surface area contributed by atoms with E-state index in [9.17, 15) is 19.2 Å². The molecule has 0 radical (unpaired) electrons. The van der Waals surface area contributed by atoms with Gasteiger partial charge < -0.3 is 20.7 Å². The fraction of sp³-hybridized carbons (Fsp3) is 0.429. The molecule has 3 atom stereocenters. The number of Topliss-reactive ketones (excluding diaryl/α,β-unsaturated/α-hetero) is 2. The first kappa shape index (κ1) is 23.8. The van der Waals surface area contributed by atoms with E-state index in [0.717, 1.165) is 16.5 Å². The molecule has 0 aliphatic rings. The fourth-order valence-corrected chi connectivity index (χ4v) is 4.08. The van der Waals surface area contributed by atoms with Gasteiger partial charge in [-0.2, -0.15) is 0 Å². The van der Waals surface area contributed by atoms with Crippen molar-refractivity contribution in [1.29, 1.82) is 0 Å². The number of carboxylic acids is 1. The number of para-hydroxylation sites is 1. The second-order valence-corrected chi connectivity index (χ2v) is 8.53. The number of carbonyl (C=O) groups is 4. The van der Waals surface area contributed by atoms with Gasteiger partial charge in [0, 0.05) is 18.0 Å². The SMILES string of the molecule is Cc1c(C(=O)N[C@H](C(=O)C(Br)C(=O)C(N)CC(=O)O)C(C)C)n(C)c2ccccc12. The number of ketones is 2. The van der Waals surface area contributed by atoms with Crippen molar-refractivity contribution in [2.75, 3.05) is 0 Å². The molecule has 0 fully saturated rings. The Labute approximate surface area is 182 Å². The Morgan fingerprint density at radius 2 is 1.77 bits per heavy atom. The lowest BCUT2D eigenvalue weighted by molar-refractivity contribution is -0.139. The number of amides is 1. The van der Waals surface area contributed by atoms with Crippen molar-refractivity contribution in [1.82, 2.24) is 9.88 Å². The number of halogens is 1. The number of nitrogens with one attached hydrogen (secondary N) is 1. The van der Waals surface area contributed by atoms with Crippen LogP contribution in [0.3, 0.4) is 0 Å². The minimum Gasteiger partial charge on any atom is -0.481 e. The number of benzene rings is 1. The lowest BCUT2D eigenvalue weighted by atomic mass is 9.94. The molecule has 1 amide bonds. The number of aryl methyl sites for hydroxylation is 2. The molecule has 1 aromatic heterocycles. The summed E-state index contributed by atoms with van der Waals surface area (Å²) in [6.07, 6.45) is -0.581. The van der Waals surface area contributed by atoms with Gasteiger partial charge in [0.15, 0.2) is 11.6 Å². The zero-order valence-corrected chi connectivity index (χ0v) is 18.9. The Bertz CT molecular complexity index is 959. The van der Waals surface area contributed by atoms with Gasteiger partial charge in [0.1, 0.15) is 10.5 Å². The summed E-state index contributed by atoms with van der Waals surface area (Å²) in [4.78, 5) is 47.8. The van der Waals surface area contributed by atoms with E-state index in [1.165, 1.54) is 0 Å². The number of rotatable bonds is 9. The van der Waals surface area contributed by atoms with Gasteiger partial charge in [-0.05, 0) is 24.5 Å². The molecule has 4 N–H and O–H groups in total. The van der Waals surface area contributed by atoms with Gasteiger partial charge in [-0.25, -0.2) is 0 Å². The maximum Gasteiger partial charge on any atom is 0.305 e. The summed E-state index contributed by atoms with van der Waals surface area (Å²) < 4.78 is 1.77. The zero-order valence-electron chi connectivity index (χ0n) is 17.3. The van der Waals surface area contributed by atoms with E-state index in [-0.39, 0.29) is 5.92 Å². The van der Waals surface area contributed by atoms with Crippen molar-refractivity contribution < 1.29 is 24.3 Å². The Kier molecular flexibility index (Phi) is 7.54. The fourth-order valence-electron chi connectivity index (χ4n) is 3.46. The number of hydrogen-bond acceptors (Lipinski definition) is 5. The molecule has 2 aromatic rings. The molecule has 0 spiro atoms. The second-order valence-electron chi connectivity index (χ2n) is 7.62. The number of nitrogens with two attached hydrogens (primary N) is 1. The highest BCUT2D eigenvalue weighted by Crippen LogP contribution is 2.25. The first-order valence-corrected chi connectivity index (χ1v) is 10.4. The summed E-state index contributed by atoms with van der Waals surface area (Å²) in [6, 6.07) is 5.31. The van der Waals surface area contributed by atoms with Gasteiger partial charge in [-0.3, -0.25) is 19.2 Å². The molecule has 162 valence electrons.